The average molecular weight is 404 g/mol. The highest BCUT2D eigenvalue weighted by molar-refractivity contribution is 5.84. The minimum Gasteiger partial charge on any atom is -0.492 e. The molecular weight excluding hydrogens is 370 g/mol. The van der Waals surface area contributed by atoms with E-state index in [-0.39, 0.29) is 5.91 Å². The lowest BCUT2D eigenvalue weighted by atomic mass is 9.71. The number of benzene rings is 1. The summed E-state index contributed by atoms with van der Waals surface area (Å²) in [5, 5.41) is 13.6. The number of amides is 1. The van der Waals surface area contributed by atoms with E-state index in [0.717, 1.165) is 70.1 Å². The number of aliphatic hydroxyl groups is 1. The molecule has 4 rings (SSSR count). The zero-order chi connectivity index (χ0) is 20.1. The molecule has 7 nitrogen and oxygen atoms in total. The molecule has 1 aromatic rings. The lowest BCUT2D eigenvalue weighted by Gasteiger charge is -2.47. The van der Waals surface area contributed by atoms with Gasteiger partial charge in [0.05, 0.1) is 24.7 Å². The maximum Gasteiger partial charge on any atom is 0.230 e. The molecule has 2 atom stereocenters. The van der Waals surface area contributed by atoms with E-state index in [1.165, 1.54) is 0 Å². The number of para-hydroxylation sites is 1. The number of carbonyl (C=O) groups is 1. The van der Waals surface area contributed by atoms with Crippen molar-refractivity contribution in [3.63, 3.8) is 0 Å². The normalized spacial score (nSPS) is 29.0. The predicted octanol–water partition coefficient (Wildman–Crippen LogP) is 0.861. The summed E-state index contributed by atoms with van der Waals surface area (Å²) in [5.41, 5.74) is 0.472. The summed E-state index contributed by atoms with van der Waals surface area (Å²) in [6, 6.07) is 8.16. The van der Waals surface area contributed by atoms with E-state index in [0.29, 0.717) is 26.1 Å². The Morgan fingerprint density at radius 2 is 2.03 bits per heavy atom. The Balaban J connectivity index is 1.37. The molecule has 0 aromatic heterocycles. The van der Waals surface area contributed by atoms with Crippen molar-refractivity contribution < 1.29 is 19.4 Å². The smallest absolute Gasteiger partial charge is 0.230 e. The monoisotopic (exact) mass is 403 g/mol. The molecule has 0 bridgehead atoms. The Morgan fingerprint density at radius 1 is 1.21 bits per heavy atom. The van der Waals surface area contributed by atoms with Crippen LogP contribution in [-0.2, 0) is 16.1 Å². The van der Waals surface area contributed by atoms with Gasteiger partial charge in [-0.25, -0.2) is 0 Å². The summed E-state index contributed by atoms with van der Waals surface area (Å²) in [4.78, 5) is 17.3. The highest BCUT2D eigenvalue weighted by Crippen LogP contribution is 2.38. The van der Waals surface area contributed by atoms with Crippen LogP contribution in [0, 0.1) is 5.41 Å². The first kappa shape index (κ1) is 20.6. The summed E-state index contributed by atoms with van der Waals surface area (Å²) in [6.45, 7) is 7.91. The number of nitrogens with zero attached hydrogens (tertiary/aromatic N) is 2. The van der Waals surface area contributed by atoms with Crippen LogP contribution in [0.3, 0.4) is 0 Å². The molecule has 3 fully saturated rings. The second-order valence-electron chi connectivity index (χ2n) is 8.44. The van der Waals surface area contributed by atoms with Gasteiger partial charge in [-0.1, -0.05) is 18.2 Å². The van der Waals surface area contributed by atoms with Crippen molar-refractivity contribution in [2.24, 2.45) is 5.41 Å². The topological polar surface area (TPSA) is 74.3 Å². The van der Waals surface area contributed by atoms with Crippen LogP contribution in [0.2, 0.25) is 0 Å². The molecule has 160 valence electrons. The highest BCUT2D eigenvalue weighted by Gasteiger charge is 2.49. The summed E-state index contributed by atoms with van der Waals surface area (Å²) >= 11 is 0. The van der Waals surface area contributed by atoms with Gasteiger partial charge in [-0.05, 0) is 25.3 Å². The molecule has 2 N–H and O–H groups in total. The first-order chi connectivity index (χ1) is 14.2. The van der Waals surface area contributed by atoms with E-state index in [1.54, 1.807) is 0 Å². The number of morpholine rings is 1. The van der Waals surface area contributed by atoms with Gasteiger partial charge in [0.2, 0.25) is 5.91 Å². The van der Waals surface area contributed by atoms with Gasteiger partial charge in [-0.3, -0.25) is 14.6 Å². The van der Waals surface area contributed by atoms with Gasteiger partial charge < -0.3 is 19.9 Å². The third kappa shape index (κ3) is 4.74. The minimum atomic E-state index is -0.664. The third-order valence-corrected chi connectivity index (χ3v) is 6.54. The SMILES string of the molecule is O=C1NCCC[C@]12CN(Cc1ccccc1OCCN1CCOCC1)CC[C@@H]2O. The molecular formula is C22H33N3O4. The van der Waals surface area contributed by atoms with Crippen molar-refractivity contribution >= 4 is 5.91 Å². The quantitative estimate of drug-likeness (QED) is 0.734. The van der Waals surface area contributed by atoms with Gasteiger partial charge in [0.15, 0.2) is 0 Å². The van der Waals surface area contributed by atoms with Crippen molar-refractivity contribution in [3.05, 3.63) is 29.8 Å². The number of nitrogens with one attached hydrogen (secondary N) is 1. The maximum absolute atomic E-state index is 12.6. The van der Waals surface area contributed by atoms with E-state index >= 15 is 0 Å². The molecule has 1 aromatic carbocycles. The molecule has 3 aliphatic heterocycles. The van der Waals surface area contributed by atoms with Crippen LogP contribution in [0.15, 0.2) is 24.3 Å². The number of carbonyl (C=O) groups excluding carboxylic acids is 1. The third-order valence-electron chi connectivity index (χ3n) is 6.54. The van der Waals surface area contributed by atoms with Crippen LogP contribution < -0.4 is 10.1 Å². The Bertz CT molecular complexity index is 694. The maximum atomic E-state index is 12.6. The van der Waals surface area contributed by atoms with Gasteiger partial charge in [-0.15, -0.1) is 0 Å². The molecule has 3 aliphatic rings. The Kier molecular flexibility index (Phi) is 6.70. The van der Waals surface area contributed by atoms with Crippen LogP contribution in [0.1, 0.15) is 24.8 Å². The van der Waals surface area contributed by atoms with Gasteiger partial charge in [0.25, 0.3) is 0 Å². The molecule has 0 radical (unpaired) electrons. The number of hydrogen-bond acceptors (Lipinski definition) is 6. The van der Waals surface area contributed by atoms with E-state index in [2.05, 4.69) is 21.2 Å². The summed E-state index contributed by atoms with van der Waals surface area (Å²) < 4.78 is 11.5. The molecule has 29 heavy (non-hydrogen) atoms. The first-order valence-corrected chi connectivity index (χ1v) is 10.9. The van der Waals surface area contributed by atoms with E-state index in [4.69, 9.17) is 9.47 Å². The van der Waals surface area contributed by atoms with Crippen molar-refractivity contribution in [3.8, 4) is 5.75 Å². The van der Waals surface area contributed by atoms with Crippen molar-refractivity contribution in [1.29, 1.82) is 0 Å². The molecule has 1 amide bonds. The van der Waals surface area contributed by atoms with Gasteiger partial charge in [-0.2, -0.15) is 0 Å². The highest BCUT2D eigenvalue weighted by atomic mass is 16.5. The fourth-order valence-corrected chi connectivity index (χ4v) is 4.79. The number of aliphatic hydroxyl groups excluding tert-OH is 1. The molecule has 1 spiro atoms. The van der Waals surface area contributed by atoms with Gasteiger partial charge in [0, 0.05) is 51.4 Å². The Labute approximate surface area is 173 Å². The predicted molar refractivity (Wildman–Crippen MR) is 110 cm³/mol. The summed E-state index contributed by atoms with van der Waals surface area (Å²) in [6.07, 6.45) is 1.76. The zero-order valence-electron chi connectivity index (χ0n) is 17.1. The summed E-state index contributed by atoms with van der Waals surface area (Å²) in [5.74, 6) is 0.921. The van der Waals surface area contributed by atoms with Gasteiger partial charge >= 0.3 is 0 Å². The minimum absolute atomic E-state index is 0.0102. The summed E-state index contributed by atoms with van der Waals surface area (Å²) in [7, 11) is 0. The standard InChI is InChI=1S/C22H33N3O4/c26-20-6-9-25(17-22(20)7-3-8-23-21(22)27)16-18-4-1-2-5-19(18)29-15-12-24-10-13-28-14-11-24/h1-2,4-5,20,26H,3,6-17H2,(H,23,27)/t20-,22+/m0/s1. The number of rotatable bonds is 6. The molecule has 3 heterocycles. The molecule has 0 unspecified atom stereocenters. The first-order valence-electron chi connectivity index (χ1n) is 10.9. The van der Waals surface area contributed by atoms with Crippen molar-refractivity contribution in [2.75, 3.05) is 59.1 Å². The van der Waals surface area contributed by atoms with E-state index in [9.17, 15) is 9.90 Å². The Morgan fingerprint density at radius 3 is 2.86 bits per heavy atom. The van der Waals surface area contributed by atoms with E-state index < -0.39 is 11.5 Å². The lowest BCUT2D eigenvalue weighted by Crippen LogP contribution is -2.61. The zero-order valence-corrected chi connectivity index (χ0v) is 17.1. The molecule has 3 saturated heterocycles. The number of ether oxygens (including phenoxy) is 2. The average Bonchev–Trinajstić information content (AvgIpc) is 2.75. The van der Waals surface area contributed by atoms with E-state index in [1.807, 2.05) is 18.2 Å². The Hall–Kier alpha value is -1.67. The van der Waals surface area contributed by atoms with Crippen molar-refractivity contribution in [2.45, 2.75) is 31.9 Å². The lowest BCUT2D eigenvalue weighted by molar-refractivity contribution is -0.149. The number of piperidine rings is 2. The molecule has 0 saturated carbocycles. The number of likely N-dealkylation sites (tertiary alicyclic amines) is 1. The largest absolute Gasteiger partial charge is 0.492 e. The molecule has 0 aliphatic carbocycles. The fraction of sp³-hybridized carbons (Fsp3) is 0.682. The fourth-order valence-electron chi connectivity index (χ4n) is 4.79. The van der Waals surface area contributed by atoms with Crippen LogP contribution in [0.25, 0.3) is 0 Å². The second-order valence-corrected chi connectivity index (χ2v) is 8.44. The van der Waals surface area contributed by atoms with Crippen LogP contribution in [0.5, 0.6) is 5.75 Å². The number of hydrogen-bond donors (Lipinski definition) is 2. The van der Waals surface area contributed by atoms with Crippen LogP contribution in [-0.4, -0.2) is 86.0 Å². The van der Waals surface area contributed by atoms with Crippen LogP contribution in [0.4, 0.5) is 0 Å². The van der Waals surface area contributed by atoms with Crippen LogP contribution >= 0.6 is 0 Å². The van der Waals surface area contributed by atoms with Gasteiger partial charge in [0.1, 0.15) is 12.4 Å². The van der Waals surface area contributed by atoms with Crippen molar-refractivity contribution in [1.82, 2.24) is 15.1 Å². The molecule has 7 heteroatoms. The second kappa shape index (κ2) is 9.43.